The van der Waals surface area contributed by atoms with E-state index in [0.29, 0.717) is 6.54 Å². The monoisotopic (exact) mass is 356 g/mol. The molecule has 6 heteroatoms. The first-order chi connectivity index (χ1) is 12.5. The van der Waals surface area contributed by atoms with Gasteiger partial charge in [0.2, 0.25) is 0 Å². The van der Waals surface area contributed by atoms with E-state index in [1.165, 1.54) is 7.11 Å². The topological polar surface area (TPSA) is 68.7 Å². The van der Waals surface area contributed by atoms with Crippen LogP contribution in [0.5, 0.6) is 5.75 Å². The molecule has 0 N–H and O–H groups in total. The van der Waals surface area contributed by atoms with Crippen LogP contribution in [0.15, 0.2) is 42.7 Å². The van der Waals surface area contributed by atoms with Crippen LogP contribution < -0.4 is 4.74 Å². The van der Waals surface area contributed by atoms with Crippen molar-refractivity contribution in [2.24, 2.45) is 0 Å². The van der Waals surface area contributed by atoms with Crippen LogP contribution >= 0.6 is 0 Å². The number of methoxy groups -OCH3 is 1. The fourth-order valence-corrected chi connectivity index (χ4v) is 2.58. The average molecular weight is 356 g/mol. The van der Waals surface area contributed by atoms with Crippen molar-refractivity contribution in [2.75, 3.05) is 20.3 Å². The number of carbonyl (C=O) groups excluding carboxylic acids is 2. The Morgan fingerprint density at radius 3 is 2.46 bits per heavy atom. The van der Waals surface area contributed by atoms with Gasteiger partial charge in [-0.3, -0.25) is 14.6 Å². The van der Waals surface area contributed by atoms with Gasteiger partial charge in [-0.1, -0.05) is 24.3 Å². The Balaban J connectivity index is 2.05. The number of aromatic nitrogens is 1. The van der Waals surface area contributed by atoms with Gasteiger partial charge < -0.3 is 14.4 Å². The summed E-state index contributed by atoms with van der Waals surface area (Å²) >= 11 is 0. The van der Waals surface area contributed by atoms with E-state index >= 15 is 0 Å². The molecule has 1 aromatic heterocycles. The fourth-order valence-electron chi connectivity index (χ4n) is 2.58. The normalized spacial score (nSPS) is 10.3. The molecule has 0 radical (unpaired) electrons. The second-order valence-corrected chi connectivity index (χ2v) is 6.01. The molecule has 2 aromatic rings. The zero-order valence-corrected chi connectivity index (χ0v) is 15.4. The predicted octanol–water partition coefficient (Wildman–Crippen LogP) is 2.67. The Morgan fingerprint density at radius 1 is 1.12 bits per heavy atom. The van der Waals surface area contributed by atoms with E-state index in [2.05, 4.69) is 9.72 Å². The Hall–Kier alpha value is -2.89. The number of benzene rings is 1. The van der Waals surface area contributed by atoms with Gasteiger partial charge in [0.05, 0.1) is 13.5 Å². The van der Waals surface area contributed by atoms with Crippen molar-refractivity contribution in [2.45, 2.75) is 26.8 Å². The first kappa shape index (κ1) is 19.4. The molecule has 1 aromatic carbocycles. The molecule has 0 fully saturated rings. The molecule has 26 heavy (non-hydrogen) atoms. The molecule has 2 rings (SSSR count). The Bertz CT molecular complexity index is 726. The number of ether oxygens (including phenoxy) is 2. The van der Waals surface area contributed by atoms with Crippen LogP contribution in [0.25, 0.3) is 0 Å². The Labute approximate surface area is 153 Å². The maximum Gasteiger partial charge on any atom is 0.307 e. The number of para-hydroxylation sites is 1. The summed E-state index contributed by atoms with van der Waals surface area (Å²) in [6, 6.07) is 9.53. The van der Waals surface area contributed by atoms with Crippen molar-refractivity contribution in [3.05, 3.63) is 59.4 Å². The SMILES string of the molecule is COC(=O)CCN(Cc1cccnc1)C(=O)COc1c(C)cccc1C. The molecule has 1 amide bonds. The minimum Gasteiger partial charge on any atom is -0.483 e. The fraction of sp³-hybridized carbons (Fsp3) is 0.350. The zero-order valence-electron chi connectivity index (χ0n) is 15.4. The van der Waals surface area contributed by atoms with Crippen molar-refractivity contribution >= 4 is 11.9 Å². The number of hydrogen-bond acceptors (Lipinski definition) is 5. The summed E-state index contributed by atoms with van der Waals surface area (Å²) in [5, 5.41) is 0. The van der Waals surface area contributed by atoms with Crippen molar-refractivity contribution in [3.63, 3.8) is 0 Å². The maximum absolute atomic E-state index is 12.7. The minimum atomic E-state index is -0.357. The van der Waals surface area contributed by atoms with Gasteiger partial charge in [-0.05, 0) is 36.6 Å². The number of pyridine rings is 1. The van der Waals surface area contributed by atoms with E-state index in [4.69, 9.17) is 4.74 Å². The molecule has 1 heterocycles. The zero-order chi connectivity index (χ0) is 18.9. The summed E-state index contributed by atoms with van der Waals surface area (Å²) < 4.78 is 10.4. The Kier molecular flexibility index (Phi) is 7.14. The third-order valence-corrected chi connectivity index (χ3v) is 4.01. The molecule has 0 spiro atoms. The van der Waals surface area contributed by atoms with E-state index < -0.39 is 0 Å². The van der Waals surface area contributed by atoms with E-state index in [9.17, 15) is 9.59 Å². The van der Waals surface area contributed by atoms with Crippen LogP contribution in [0.1, 0.15) is 23.1 Å². The lowest BCUT2D eigenvalue weighted by Crippen LogP contribution is -2.36. The first-order valence-electron chi connectivity index (χ1n) is 8.43. The van der Waals surface area contributed by atoms with Gasteiger partial charge in [-0.2, -0.15) is 0 Å². The summed E-state index contributed by atoms with van der Waals surface area (Å²) in [6.07, 6.45) is 3.50. The number of rotatable bonds is 8. The summed E-state index contributed by atoms with van der Waals surface area (Å²) in [5.41, 5.74) is 2.84. The molecule has 0 saturated heterocycles. The highest BCUT2D eigenvalue weighted by atomic mass is 16.5. The average Bonchev–Trinajstić information content (AvgIpc) is 2.65. The number of hydrogen-bond donors (Lipinski definition) is 0. The quantitative estimate of drug-likeness (QED) is 0.680. The van der Waals surface area contributed by atoms with Gasteiger partial charge in [0.15, 0.2) is 6.61 Å². The minimum absolute atomic E-state index is 0.0902. The van der Waals surface area contributed by atoms with Crippen LogP contribution in [0, 0.1) is 13.8 Å². The molecule has 6 nitrogen and oxygen atoms in total. The third kappa shape index (κ3) is 5.58. The number of carbonyl (C=O) groups is 2. The number of nitrogens with zero attached hydrogens (tertiary/aromatic N) is 2. The summed E-state index contributed by atoms with van der Waals surface area (Å²) in [5.74, 6) is 0.167. The predicted molar refractivity (Wildman–Crippen MR) is 97.7 cm³/mol. The molecule has 0 aliphatic rings. The second kappa shape index (κ2) is 9.56. The molecule has 138 valence electrons. The second-order valence-electron chi connectivity index (χ2n) is 6.01. The Morgan fingerprint density at radius 2 is 1.85 bits per heavy atom. The van der Waals surface area contributed by atoms with E-state index in [0.717, 1.165) is 22.4 Å². The van der Waals surface area contributed by atoms with Crippen LogP contribution in [0.2, 0.25) is 0 Å². The molecule has 0 atom stereocenters. The lowest BCUT2D eigenvalue weighted by Gasteiger charge is -2.23. The molecule has 0 saturated carbocycles. The number of amides is 1. The van der Waals surface area contributed by atoms with Gasteiger partial charge in [0.25, 0.3) is 5.91 Å². The standard InChI is InChI=1S/C20H24N2O4/c1-15-6-4-7-16(2)20(15)26-14-18(23)22(11-9-19(24)25-3)13-17-8-5-10-21-12-17/h4-8,10,12H,9,11,13-14H2,1-3H3. The van der Waals surface area contributed by atoms with Gasteiger partial charge in [0, 0.05) is 25.5 Å². The lowest BCUT2D eigenvalue weighted by atomic mass is 10.1. The van der Waals surface area contributed by atoms with Crippen LogP contribution in [-0.4, -0.2) is 42.0 Å². The third-order valence-electron chi connectivity index (χ3n) is 4.01. The van der Waals surface area contributed by atoms with Crippen molar-refractivity contribution < 1.29 is 19.1 Å². The van der Waals surface area contributed by atoms with Gasteiger partial charge in [0.1, 0.15) is 5.75 Å². The van der Waals surface area contributed by atoms with Crippen LogP contribution in [0.3, 0.4) is 0 Å². The molecule has 0 unspecified atom stereocenters. The van der Waals surface area contributed by atoms with Crippen molar-refractivity contribution in [3.8, 4) is 5.75 Å². The van der Waals surface area contributed by atoms with Gasteiger partial charge >= 0.3 is 5.97 Å². The van der Waals surface area contributed by atoms with E-state index in [-0.39, 0.29) is 31.4 Å². The van der Waals surface area contributed by atoms with Crippen molar-refractivity contribution in [1.82, 2.24) is 9.88 Å². The van der Waals surface area contributed by atoms with Gasteiger partial charge in [-0.15, -0.1) is 0 Å². The molecule has 0 bridgehead atoms. The highest BCUT2D eigenvalue weighted by molar-refractivity contribution is 5.78. The van der Waals surface area contributed by atoms with Crippen molar-refractivity contribution in [1.29, 1.82) is 0 Å². The maximum atomic E-state index is 12.7. The van der Waals surface area contributed by atoms with Crippen LogP contribution in [0.4, 0.5) is 0 Å². The highest BCUT2D eigenvalue weighted by Crippen LogP contribution is 2.22. The highest BCUT2D eigenvalue weighted by Gasteiger charge is 2.17. The first-order valence-corrected chi connectivity index (χ1v) is 8.43. The molecular formula is C20H24N2O4. The van der Waals surface area contributed by atoms with E-state index in [1.54, 1.807) is 17.3 Å². The smallest absolute Gasteiger partial charge is 0.307 e. The number of esters is 1. The summed E-state index contributed by atoms with van der Waals surface area (Å²) in [4.78, 5) is 29.8. The largest absolute Gasteiger partial charge is 0.483 e. The lowest BCUT2D eigenvalue weighted by molar-refractivity contribution is -0.142. The summed E-state index contributed by atoms with van der Waals surface area (Å²) in [6.45, 7) is 4.42. The van der Waals surface area contributed by atoms with E-state index in [1.807, 2.05) is 44.2 Å². The van der Waals surface area contributed by atoms with Crippen LogP contribution in [-0.2, 0) is 20.9 Å². The number of aryl methyl sites for hydroxylation is 2. The molecule has 0 aliphatic carbocycles. The van der Waals surface area contributed by atoms with Gasteiger partial charge in [-0.25, -0.2) is 0 Å². The molecule has 0 aliphatic heterocycles. The summed E-state index contributed by atoms with van der Waals surface area (Å²) in [7, 11) is 1.33. The molecular weight excluding hydrogens is 332 g/mol.